The third-order valence-electron chi connectivity index (χ3n) is 4.14. The summed E-state index contributed by atoms with van der Waals surface area (Å²) in [5.41, 5.74) is 5.31. The molecule has 1 aliphatic carbocycles. The van der Waals surface area contributed by atoms with Gasteiger partial charge in [0.1, 0.15) is 0 Å². The zero-order valence-electron chi connectivity index (χ0n) is 12.0. The Morgan fingerprint density at radius 2 is 1.18 bits per heavy atom. The van der Waals surface area contributed by atoms with Crippen molar-refractivity contribution in [2.45, 2.75) is 5.92 Å². The molecule has 0 aromatic heterocycles. The quantitative estimate of drug-likeness (QED) is 0.741. The van der Waals surface area contributed by atoms with Crippen molar-refractivity contribution in [2.24, 2.45) is 0 Å². The van der Waals surface area contributed by atoms with Gasteiger partial charge in [0.05, 0.1) is 5.92 Å². The molecule has 3 aromatic carbocycles. The second-order valence-electron chi connectivity index (χ2n) is 5.46. The van der Waals surface area contributed by atoms with Gasteiger partial charge in [-0.05, 0) is 34.4 Å². The van der Waals surface area contributed by atoms with Crippen LogP contribution in [0, 0.1) is 0 Å². The van der Waals surface area contributed by atoms with E-state index >= 15 is 0 Å². The molecule has 0 unspecified atom stereocenters. The van der Waals surface area contributed by atoms with Crippen molar-refractivity contribution in [3.8, 4) is 11.1 Å². The Bertz CT molecular complexity index is 794. The number of benzene rings is 3. The fraction of sp³-hybridized carbons (Fsp3) is 0.0500. The highest BCUT2D eigenvalue weighted by Crippen LogP contribution is 2.44. The normalized spacial score (nSPS) is 12.5. The van der Waals surface area contributed by atoms with Gasteiger partial charge >= 0.3 is 0 Å². The largest absolute Gasteiger partial charge is 0.325 e. The number of hydrogen-bond acceptors (Lipinski definition) is 1. The minimum absolute atomic E-state index is 0.0172. The fourth-order valence-electron chi connectivity index (χ4n) is 3.17. The lowest BCUT2D eigenvalue weighted by Gasteiger charge is -2.14. The summed E-state index contributed by atoms with van der Waals surface area (Å²) in [4.78, 5) is 12.8. The van der Waals surface area contributed by atoms with Gasteiger partial charge in [0.2, 0.25) is 5.91 Å². The van der Waals surface area contributed by atoms with Gasteiger partial charge in [0, 0.05) is 5.69 Å². The number of nitrogens with one attached hydrogen (secondary N) is 1. The number of anilines is 1. The van der Waals surface area contributed by atoms with Crippen molar-refractivity contribution >= 4 is 11.6 Å². The van der Waals surface area contributed by atoms with Crippen molar-refractivity contribution in [1.82, 2.24) is 0 Å². The molecule has 0 spiro atoms. The van der Waals surface area contributed by atoms with E-state index in [0.29, 0.717) is 0 Å². The topological polar surface area (TPSA) is 29.1 Å². The highest BCUT2D eigenvalue weighted by atomic mass is 16.1. The summed E-state index contributed by atoms with van der Waals surface area (Å²) in [5, 5.41) is 3.03. The molecular formula is C20H15NO. The van der Waals surface area contributed by atoms with E-state index in [9.17, 15) is 4.79 Å². The number of fused-ring (bicyclic) bond motifs is 3. The molecule has 0 saturated carbocycles. The maximum Gasteiger partial charge on any atom is 0.236 e. The molecule has 22 heavy (non-hydrogen) atoms. The van der Waals surface area contributed by atoms with Crippen LogP contribution in [0.3, 0.4) is 0 Å². The first kappa shape index (κ1) is 12.8. The highest BCUT2D eigenvalue weighted by Gasteiger charge is 2.33. The monoisotopic (exact) mass is 285 g/mol. The van der Waals surface area contributed by atoms with E-state index < -0.39 is 0 Å². The van der Waals surface area contributed by atoms with Gasteiger partial charge in [0.15, 0.2) is 0 Å². The molecule has 0 aliphatic heterocycles. The lowest BCUT2D eigenvalue weighted by atomic mass is 9.96. The molecule has 1 aliphatic rings. The molecule has 2 heteroatoms. The molecule has 4 rings (SSSR count). The van der Waals surface area contributed by atoms with Gasteiger partial charge in [-0.25, -0.2) is 0 Å². The molecule has 1 amide bonds. The van der Waals surface area contributed by atoms with Crippen LogP contribution in [0.5, 0.6) is 0 Å². The van der Waals surface area contributed by atoms with Gasteiger partial charge in [-0.15, -0.1) is 0 Å². The van der Waals surface area contributed by atoms with Gasteiger partial charge in [0.25, 0.3) is 0 Å². The molecule has 0 atom stereocenters. The Morgan fingerprint density at radius 3 is 1.77 bits per heavy atom. The van der Waals surface area contributed by atoms with E-state index in [1.54, 1.807) is 0 Å². The minimum Gasteiger partial charge on any atom is -0.325 e. The van der Waals surface area contributed by atoms with Gasteiger partial charge < -0.3 is 5.32 Å². The second-order valence-corrected chi connectivity index (χ2v) is 5.46. The average molecular weight is 285 g/mol. The second kappa shape index (κ2) is 5.15. The fourth-order valence-corrected chi connectivity index (χ4v) is 3.17. The Morgan fingerprint density at radius 1 is 0.682 bits per heavy atom. The van der Waals surface area contributed by atoms with Gasteiger partial charge in [-0.1, -0.05) is 66.7 Å². The third-order valence-corrected chi connectivity index (χ3v) is 4.14. The molecule has 106 valence electrons. The SMILES string of the molecule is O=C(Nc1ccccc1)C1c2ccccc2-c2ccccc21. The van der Waals surface area contributed by atoms with Gasteiger partial charge in [-0.2, -0.15) is 0 Å². The van der Waals surface area contributed by atoms with Crippen LogP contribution in [-0.4, -0.2) is 5.91 Å². The molecule has 1 N–H and O–H groups in total. The van der Waals surface area contributed by atoms with E-state index in [2.05, 4.69) is 17.4 Å². The number of hydrogen-bond donors (Lipinski definition) is 1. The van der Waals surface area contributed by atoms with E-state index in [-0.39, 0.29) is 11.8 Å². The lowest BCUT2D eigenvalue weighted by Crippen LogP contribution is -2.20. The van der Waals surface area contributed by atoms with Crippen LogP contribution >= 0.6 is 0 Å². The summed E-state index contributed by atoms with van der Waals surface area (Å²) in [6.45, 7) is 0. The molecule has 0 heterocycles. The molecule has 3 aromatic rings. The third kappa shape index (κ3) is 2.01. The lowest BCUT2D eigenvalue weighted by molar-refractivity contribution is -0.116. The van der Waals surface area contributed by atoms with Crippen LogP contribution in [0.15, 0.2) is 78.9 Å². The first-order valence-electron chi connectivity index (χ1n) is 7.39. The number of amides is 1. The van der Waals surface area contributed by atoms with Crippen molar-refractivity contribution < 1.29 is 4.79 Å². The van der Waals surface area contributed by atoms with Crippen molar-refractivity contribution in [2.75, 3.05) is 5.32 Å². The van der Waals surface area contributed by atoms with E-state index in [1.165, 1.54) is 0 Å². The molecule has 0 saturated heterocycles. The Labute approximate surface area is 129 Å². The summed E-state index contributed by atoms with van der Waals surface area (Å²) in [5.74, 6) is -0.226. The van der Waals surface area contributed by atoms with Crippen LogP contribution in [0.2, 0.25) is 0 Å². The Kier molecular flexibility index (Phi) is 3.01. The van der Waals surface area contributed by atoms with E-state index in [0.717, 1.165) is 27.9 Å². The molecule has 0 radical (unpaired) electrons. The van der Waals surface area contributed by atoms with Crippen molar-refractivity contribution in [1.29, 1.82) is 0 Å². The molecule has 2 nitrogen and oxygen atoms in total. The summed E-state index contributed by atoms with van der Waals surface area (Å²) in [6, 6.07) is 25.9. The average Bonchev–Trinajstić information content (AvgIpc) is 2.90. The first-order chi connectivity index (χ1) is 10.8. The van der Waals surface area contributed by atoms with Crippen molar-refractivity contribution in [3.05, 3.63) is 90.0 Å². The predicted octanol–water partition coefficient (Wildman–Crippen LogP) is 4.44. The zero-order chi connectivity index (χ0) is 14.9. The number of para-hydroxylation sites is 1. The van der Waals surface area contributed by atoms with Crippen LogP contribution in [0.1, 0.15) is 17.0 Å². The van der Waals surface area contributed by atoms with E-state index in [4.69, 9.17) is 0 Å². The predicted molar refractivity (Wildman–Crippen MR) is 88.8 cm³/mol. The minimum atomic E-state index is -0.243. The van der Waals surface area contributed by atoms with Gasteiger partial charge in [-0.3, -0.25) is 4.79 Å². The molecule has 0 fully saturated rings. The Balaban J connectivity index is 1.77. The zero-order valence-corrected chi connectivity index (χ0v) is 12.0. The standard InChI is InChI=1S/C20H15NO/c22-20(21-14-8-2-1-3-9-14)19-17-12-6-4-10-15(17)16-11-5-7-13-18(16)19/h1-13,19H,(H,21,22). The van der Waals surface area contributed by atoms with Crippen LogP contribution in [0.4, 0.5) is 5.69 Å². The summed E-state index contributed by atoms with van der Waals surface area (Å²) >= 11 is 0. The first-order valence-corrected chi connectivity index (χ1v) is 7.39. The summed E-state index contributed by atoms with van der Waals surface area (Å²) in [6.07, 6.45) is 0. The Hall–Kier alpha value is -2.87. The van der Waals surface area contributed by atoms with Crippen molar-refractivity contribution in [3.63, 3.8) is 0 Å². The molecule has 0 bridgehead atoms. The summed E-state index contributed by atoms with van der Waals surface area (Å²) in [7, 11) is 0. The van der Waals surface area contributed by atoms with E-state index in [1.807, 2.05) is 66.7 Å². The number of carbonyl (C=O) groups is 1. The summed E-state index contributed by atoms with van der Waals surface area (Å²) < 4.78 is 0. The number of carbonyl (C=O) groups excluding carboxylic acids is 1. The number of rotatable bonds is 2. The highest BCUT2D eigenvalue weighted by molar-refractivity contribution is 6.03. The maximum absolute atomic E-state index is 12.8. The van der Waals surface area contributed by atoms with Crippen LogP contribution in [-0.2, 0) is 4.79 Å². The van der Waals surface area contributed by atoms with Crippen LogP contribution in [0.25, 0.3) is 11.1 Å². The maximum atomic E-state index is 12.8. The smallest absolute Gasteiger partial charge is 0.236 e. The molecular weight excluding hydrogens is 270 g/mol. The van der Waals surface area contributed by atoms with Crippen LogP contribution < -0.4 is 5.32 Å².